The third-order valence-corrected chi connectivity index (χ3v) is 8.77. The van der Waals surface area contributed by atoms with E-state index in [1.54, 1.807) is 0 Å². The van der Waals surface area contributed by atoms with E-state index in [2.05, 4.69) is 26.0 Å². The molecule has 0 radical (unpaired) electrons. The van der Waals surface area contributed by atoms with Crippen LogP contribution in [0.1, 0.15) is 187 Å². The summed E-state index contributed by atoms with van der Waals surface area (Å²) in [6.45, 7) is 2.85. The zero-order chi connectivity index (χ0) is 31.2. The lowest BCUT2D eigenvalue weighted by Gasteiger charge is -2.24. The Hall–Kier alpha value is -1.04. The quantitative estimate of drug-likeness (QED) is 0.0519. The fourth-order valence-electron chi connectivity index (χ4n) is 5.65. The number of hydrogen-bond acceptors (Lipinski definition) is 5. The monoisotopic (exact) mass is 595 g/mol. The largest absolute Gasteiger partial charge is 0.393 e. The number of carbonyl (C=O) groups excluding carboxylic acids is 2. The molecule has 5 heteroatoms. The van der Waals surface area contributed by atoms with Crippen LogP contribution in [0.5, 0.6) is 0 Å². The molecule has 0 aliphatic carbocycles. The van der Waals surface area contributed by atoms with Gasteiger partial charge in [-0.1, -0.05) is 148 Å². The molecule has 0 bridgehead atoms. The highest BCUT2D eigenvalue weighted by Gasteiger charge is 2.36. The van der Waals surface area contributed by atoms with Crippen LogP contribution in [-0.4, -0.2) is 45.7 Å². The molecule has 1 unspecified atom stereocenters. The van der Waals surface area contributed by atoms with Crippen molar-refractivity contribution in [1.29, 1.82) is 0 Å². The van der Waals surface area contributed by atoms with Gasteiger partial charge in [-0.2, -0.15) is 0 Å². The average Bonchev–Trinajstić information content (AvgIpc) is 3.00. The summed E-state index contributed by atoms with van der Waals surface area (Å²) in [6.07, 6.45) is 34.9. The lowest BCUT2D eigenvalue weighted by Crippen LogP contribution is -2.47. The molecule has 0 aromatic rings. The molecular formula is C37H70O5. The lowest BCUT2D eigenvalue weighted by molar-refractivity contribution is -0.149. The standard InChI is InChI=1S/C37H70O5/c1-3-5-7-9-11-13-15-17-19-21-23-25-27-29-34(31-36(41)37(42,32-38)33-39)35(40)30-28-26-24-22-20-18-16-14-12-10-8-6-4-2/h17,19,34,38-39,42H,3-16,18,20-33H2,1-2H3/b19-17-. The number of rotatable bonds is 33. The Morgan fingerprint density at radius 2 is 0.952 bits per heavy atom. The first-order valence-electron chi connectivity index (χ1n) is 18.1. The number of aliphatic hydroxyl groups excluding tert-OH is 2. The van der Waals surface area contributed by atoms with Crippen LogP contribution in [-0.2, 0) is 9.59 Å². The zero-order valence-electron chi connectivity index (χ0n) is 27.9. The molecular weight excluding hydrogens is 524 g/mol. The maximum Gasteiger partial charge on any atom is 0.169 e. The fraction of sp³-hybridized carbons (Fsp3) is 0.892. The molecule has 0 rings (SSSR count). The van der Waals surface area contributed by atoms with Gasteiger partial charge in [0.05, 0.1) is 13.2 Å². The molecule has 248 valence electrons. The van der Waals surface area contributed by atoms with E-state index in [1.165, 1.54) is 103 Å². The van der Waals surface area contributed by atoms with E-state index in [0.29, 0.717) is 12.8 Å². The van der Waals surface area contributed by atoms with Crippen LogP contribution < -0.4 is 0 Å². The molecule has 0 heterocycles. The van der Waals surface area contributed by atoms with Crippen LogP contribution in [0.4, 0.5) is 0 Å². The van der Waals surface area contributed by atoms with Gasteiger partial charge in [0.1, 0.15) is 5.78 Å². The van der Waals surface area contributed by atoms with Gasteiger partial charge in [0.2, 0.25) is 0 Å². The Balaban J connectivity index is 4.26. The van der Waals surface area contributed by atoms with Crippen molar-refractivity contribution < 1.29 is 24.9 Å². The van der Waals surface area contributed by atoms with Crippen molar-refractivity contribution in [3.63, 3.8) is 0 Å². The van der Waals surface area contributed by atoms with Crippen molar-refractivity contribution in [3.8, 4) is 0 Å². The van der Waals surface area contributed by atoms with E-state index in [-0.39, 0.29) is 12.2 Å². The van der Waals surface area contributed by atoms with Crippen molar-refractivity contribution in [1.82, 2.24) is 0 Å². The summed E-state index contributed by atoms with van der Waals surface area (Å²) in [6, 6.07) is 0. The molecule has 3 N–H and O–H groups in total. The van der Waals surface area contributed by atoms with Crippen LogP contribution in [0, 0.1) is 5.92 Å². The number of hydrogen-bond donors (Lipinski definition) is 3. The maximum atomic E-state index is 13.1. The highest BCUT2D eigenvalue weighted by atomic mass is 16.4. The predicted molar refractivity (Wildman–Crippen MR) is 178 cm³/mol. The number of unbranched alkanes of at least 4 members (excludes halogenated alkanes) is 21. The van der Waals surface area contributed by atoms with E-state index in [4.69, 9.17) is 0 Å². The van der Waals surface area contributed by atoms with Gasteiger partial charge in [-0.3, -0.25) is 9.59 Å². The summed E-state index contributed by atoms with van der Waals surface area (Å²) in [4.78, 5) is 25.7. The van der Waals surface area contributed by atoms with Crippen molar-refractivity contribution >= 4 is 11.6 Å². The molecule has 0 saturated carbocycles. The number of aliphatic hydroxyl groups is 3. The van der Waals surface area contributed by atoms with Gasteiger partial charge in [0.25, 0.3) is 0 Å². The van der Waals surface area contributed by atoms with Crippen molar-refractivity contribution in [3.05, 3.63) is 12.2 Å². The van der Waals surface area contributed by atoms with Crippen molar-refractivity contribution in [2.75, 3.05) is 13.2 Å². The highest BCUT2D eigenvalue weighted by molar-refractivity contribution is 5.92. The number of allylic oxidation sites excluding steroid dienone is 2. The van der Waals surface area contributed by atoms with Gasteiger partial charge < -0.3 is 15.3 Å². The third kappa shape index (κ3) is 23.4. The van der Waals surface area contributed by atoms with Gasteiger partial charge in [-0.05, 0) is 38.5 Å². The first kappa shape index (κ1) is 41.0. The van der Waals surface area contributed by atoms with Crippen LogP contribution in [0.3, 0.4) is 0 Å². The molecule has 0 aromatic heterocycles. The minimum absolute atomic E-state index is 0.0866. The van der Waals surface area contributed by atoms with E-state index in [1.807, 2.05) is 0 Å². The molecule has 0 aliphatic heterocycles. The maximum absolute atomic E-state index is 13.1. The van der Waals surface area contributed by atoms with Crippen LogP contribution in [0.25, 0.3) is 0 Å². The number of Topliss-reactive ketones (excluding diaryl/α,β-unsaturated/α-hetero) is 2. The van der Waals surface area contributed by atoms with Crippen molar-refractivity contribution in [2.45, 2.75) is 193 Å². The minimum atomic E-state index is -2.16. The van der Waals surface area contributed by atoms with Gasteiger partial charge in [0, 0.05) is 18.8 Å². The van der Waals surface area contributed by atoms with Crippen LogP contribution in [0.15, 0.2) is 12.2 Å². The third-order valence-electron chi connectivity index (χ3n) is 8.77. The summed E-state index contributed by atoms with van der Waals surface area (Å²) >= 11 is 0. The molecule has 5 nitrogen and oxygen atoms in total. The van der Waals surface area contributed by atoms with E-state index in [9.17, 15) is 24.9 Å². The van der Waals surface area contributed by atoms with E-state index in [0.717, 1.165) is 51.4 Å². The molecule has 0 amide bonds. The molecule has 0 spiro atoms. The lowest BCUT2D eigenvalue weighted by atomic mass is 9.84. The van der Waals surface area contributed by atoms with Gasteiger partial charge in [-0.15, -0.1) is 0 Å². The Morgan fingerprint density at radius 3 is 1.38 bits per heavy atom. The molecule has 0 saturated heterocycles. The molecule has 42 heavy (non-hydrogen) atoms. The SMILES string of the molecule is CCCCCCCC/C=C\CCCCCC(CC(=O)C(O)(CO)CO)C(=O)CCCCCCCCCCCCCCC. The summed E-state index contributed by atoms with van der Waals surface area (Å²) in [7, 11) is 0. The van der Waals surface area contributed by atoms with Gasteiger partial charge in [0.15, 0.2) is 11.4 Å². The summed E-state index contributed by atoms with van der Waals surface area (Å²) in [5.74, 6) is -0.986. The second-order valence-electron chi connectivity index (χ2n) is 12.8. The second kappa shape index (κ2) is 30.0. The normalized spacial score (nSPS) is 12.8. The van der Waals surface area contributed by atoms with Crippen molar-refractivity contribution in [2.24, 2.45) is 5.92 Å². The van der Waals surface area contributed by atoms with E-state index >= 15 is 0 Å². The van der Waals surface area contributed by atoms with Crippen LogP contribution >= 0.6 is 0 Å². The molecule has 0 fully saturated rings. The summed E-state index contributed by atoms with van der Waals surface area (Å²) in [5.41, 5.74) is -2.16. The summed E-state index contributed by atoms with van der Waals surface area (Å²) in [5, 5.41) is 29.1. The summed E-state index contributed by atoms with van der Waals surface area (Å²) < 4.78 is 0. The fourth-order valence-corrected chi connectivity index (χ4v) is 5.65. The molecule has 0 aliphatic rings. The van der Waals surface area contributed by atoms with Crippen LogP contribution in [0.2, 0.25) is 0 Å². The first-order chi connectivity index (χ1) is 20.4. The minimum Gasteiger partial charge on any atom is -0.393 e. The van der Waals surface area contributed by atoms with E-state index < -0.39 is 30.5 Å². The smallest absolute Gasteiger partial charge is 0.169 e. The Bertz CT molecular complexity index is 640. The predicted octanol–water partition coefficient (Wildman–Crippen LogP) is 9.59. The average molecular weight is 595 g/mol. The number of carbonyl (C=O) groups is 2. The molecule has 1 atom stereocenters. The Morgan fingerprint density at radius 1 is 0.571 bits per heavy atom. The van der Waals surface area contributed by atoms with Gasteiger partial charge >= 0.3 is 0 Å². The topological polar surface area (TPSA) is 94.8 Å². The first-order valence-corrected chi connectivity index (χ1v) is 18.1. The second-order valence-corrected chi connectivity index (χ2v) is 12.8. The number of ketones is 2. The van der Waals surface area contributed by atoms with Gasteiger partial charge in [-0.25, -0.2) is 0 Å². The molecule has 0 aromatic carbocycles. The Labute approximate surface area is 260 Å². The Kier molecular flexibility index (Phi) is 29.3. The highest BCUT2D eigenvalue weighted by Crippen LogP contribution is 2.23. The zero-order valence-corrected chi connectivity index (χ0v) is 27.9.